The van der Waals surface area contributed by atoms with Crippen molar-refractivity contribution < 1.29 is 22.4 Å². The van der Waals surface area contributed by atoms with Crippen LogP contribution in [-0.4, -0.2) is 50.2 Å². The van der Waals surface area contributed by atoms with Gasteiger partial charge in [-0.2, -0.15) is 0 Å². The fraction of sp³-hybridized carbons (Fsp3) is 0.700. The van der Waals surface area contributed by atoms with Crippen LogP contribution in [0, 0.1) is 0 Å². The first-order valence-corrected chi connectivity index (χ1v) is 15.2. The molecule has 0 N–H and O–H groups in total. The Balaban J connectivity index is 2.49. The molecule has 0 aliphatic heterocycles. The van der Waals surface area contributed by atoms with Gasteiger partial charge >= 0.3 is 8.80 Å². The number of ether oxygens (including phenoxy) is 1. The fourth-order valence-corrected chi connectivity index (χ4v) is 7.80. The molecule has 1 rings (SSSR count). The molecule has 1 aromatic carbocycles. The van der Waals surface area contributed by atoms with E-state index in [0.717, 1.165) is 30.9 Å². The molecule has 0 saturated heterocycles. The minimum atomic E-state index is -2.57. The predicted molar refractivity (Wildman–Crippen MR) is 115 cm³/mol. The SMILES string of the molecule is CCO[Si](C)(C)Cc1ccc(OCCC[Si](OCC)(OCC)OCC)cc1. The van der Waals surface area contributed by atoms with Gasteiger partial charge in [0.25, 0.3) is 0 Å². The van der Waals surface area contributed by atoms with E-state index in [2.05, 4.69) is 32.2 Å². The maximum atomic E-state index is 5.91. The van der Waals surface area contributed by atoms with Gasteiger partial charge in [0.2, 0.25) is 0 Å². The molecular formula is C20H38O5Si2. The van der Waals surface area contributed by atoms with Crippen molar-refractivity contribution in [3.05, 3.63) is 29.8 Å². The lowest BCUT2D eigenvalue weighted by atomic mass is 10.2. The second-order valence-corrected chi connectivity index (χ2v) is 13.8. The molecule has 0 unspecified atom stereocenters. The summed E-state index contributed by atoms with van der Waals surface area (Å²) in [4.78, 5) is 0. The highest BCUT2D eigenvalue weighted by atomic mass is 28.4. The van der Waals surface area contributed by atoms with Crippen LogP contribution in [0.15, 0.2) is 24.3 Å². The monoisotopic (exact) mass is 414 g/mol. The molecule has 156 valence electrons. The average Bonchev–Trinajstić information content (AvgIpc) is 2.60. The highest BCUT2D eigenvalue weighted by molar-refractivity contribution is 6.70. The topological polar surface area (TPSA) is 46.2 Å². The summed E-state index contributed by atoms with van der Waals surface area (Å²) in [6, 6.07) is 10.2. The van der Waals surface area contributed by atoms with Crippen molar-refractivity contribution in [3.8, 4) is 5.75 Å². The third kappa shape index (κ3) is 9.36. The van der Waals surface area contributed by atoms with E-state index in [1.165, 1.54) is 5.56 Å². The van der Waals surface area contributed by atoms with Crippen LogP contribution >= 0.6 is 0 Å². The smallest absolute Gasteiger partial charge is 0.494 e. The van der Waals surface area contributed by atoms with Gasteiger partial charge in [0.15, 0.2) is 8.32 Å². The Morgan fingerprint density at radius 3 is 1.74 bits per heavy atom. The van der Waals surface area contributed by atoms with E-state index in [1.54, 1.807) is 0 Å². The highest BCUT2D eigenvalue weighted by Gasteiger charge is 2.39. The lowest BCUT2D eigenvalue weighted by Crippen LogP contribution is -2.46. The molecule has 1 aromatic rings. The summed E-state index contributed by atoms with van der Waals surface area (Å²) in [5.41, 5.74) is 1.31. The second-order valence-electron chi connectivity index (χ2n) is 6.95. The summed E-state index contributed by atoms with van der Waals surface area (Å²) < 4.78 is 29.4. The van der Waals surface area contributed by atoms with Crippen LogP contribution in [0.4, 0.5) is 0 Å². The summed E-state index contributed by atoms with van der Waals surface area (Å²) in [5, 5.41) is 0. The molecule has 0 spiro atoms. The molecule has 7 heteroatoms. The Kier molecular flexibility index (Phi) is 11.4. The minimum absolute atomic E-state index is 0.607. The van der Waals surface area contributed by atoms with E-state index < -0.39 is 17.1 Å². The zero-order valence-corrected chi connectivity index (χ0v) is 20.0. The third-order valence-corrected chi connectivity index (χ3v) is 9.56. The van der Waals surface area contributed by atoms with Crippen LogP contribution in [-0.2, 0) is 23.7 Å². The number of hydrogen-bond acceptors (Lipinski definition) is 5. The van der Waals surface area contributed by atoms with Crippen LogP contribution in [0.5, 0.6) is 5.75 Å². The van der Waals surface area contributed by atoms with Crippen molar-refractivity contribution in [2.75, 3.05) is 33.0 Å². The molecule has 0 fully saturated rings. The summed E-state index contributed by atoms with van der Waals surface area (Å²) in [6.07, 6.45) is 0.845. The van der Waals surface area contributed by atoms with Crippen molar-refractivity contribution >= 4 is 17.1 Å². The van der Waals surface area contributed by atoms with Crippen molar-refractivity contribution in [1.29, 1.82) is 0 Å². The van der Waals surface area contributed by atoms with Gasteiger partial charge in [0.1, 0.15) is 5.75 Å². The Bertz CT molecular complexity index is 491. The van der Waals surface area contributed by atoms with Gasteiger partial charge in [-0.05, 0) is 71.0 Å². The first-order valence-electron chi connectivity index (χ1n) is 10.2. The predicted octanol–water partition coefficient (Wildman–Crippen LogP) is 4.83. The van der Waals surface area contributed by atoms with Crippen molar-refractivity contribution in [2.45, 2.75) is 59.3 Å². The fourth-order valence-electron chi connectivity index (χ4n) is 3.12. The van der Waals surface area contributed by atoms with E-state index in [0.29, 0.717) is 26.4 Å². The summed E-state index contributed by atoms with van der Waals surface area (Å²) in [5.74, 6) is 0.895. The first kappa shape index (κ1) is 24.3. The zero-order chi connectivity index (χ0) is 20.2. The Labute approximate surface area is 167 Å². The van der Waals surface area contributed by atoms with E-state index >= 15 is 0 Å². The number of benzene rings is 1. The third-order valence-electron chi connectivity index (χ3n) is 4.08. The minimum Gasteiger partial charge on any atom is -0.494 e. The number of hydrogen-bond donors (Lipinski definition) is 0. The maximum Gasteiger partial charge on any atom is 0.501 e. The summed E-state index contributed by atoms with van der Waals surface area (Å²) in [6.45, 7) is 15.7. The zero-order valence-electron chi connectivity index (χ0n) is 18.0. The van der Waals surface area contributed by atoms with E-state index in [1.807, 2.05) is 32.9 Å². The van der Waals surface area contributed by atoms with Crippen molar-refractivity contribution in [3.63, 3.8) is 0 Å². The van der Waals surface area contributed by atoms with Crippen molar-refractivity contribution in [2.24, 2.45) is 0 Å². The molecule has 0 aliphatic carbocycles. The molecule has 0 amide bonds. The average molecular weight is 415 g/mol. The van der Waals surface area contributed by atoms with Crippen molar-refractivity contribution in [1.82, 2.24) is 0 Å². The van der Waals surface area contributed by atoms with Crippen LogP contribution in [0.2, 0.25) is 19.1 Å². The van der Waals surface area contributed by atoms with Crippen LogP contribution in [0.3, 0.4) is 0 Å². The van der Waals surface area contributed by atoms with Gasteiger partial charge in [0, 0.05) is 32.5 Å². The summed E-state index contributed by atoms with van der Waals surface area (Å²) in [7, 11) is -4.18. The molecule has 0 bridgehead atoms. The largest absolute Gasteiger partial charge is 0.501 e. The first-order chi connectivity index (χ1) is 12.9. The normalized spacial score (nSPS) is 12.4. The van der Waals surface area contributed by atoms with Gasteiger partial charge in [-0.15, -0.1) is 0 Å². The van der Waals surface area contributed by atoms with Crippen LogP contribution in [0.25, 0.3) is 0 Å². The van der Waals surface area contributed by atoms with Gasteiger partial charge in [-0.3, -0.25) is 0 Å². The molecule has 0 saturated carbocycles. The molecular weight excluding hydrogens is 376 g/mol. The molecule has 0 radical (unpaired) electrons. The van der Waals surface area contributed by atoms with Gasteiger partial charge < -0.3 is 22.4 Å². The van der Waals surface area contributed by atoms with Gasteiger partial charge in [-0.1, -0.05) is 12.1 Å². The lowest BCUT2D eigenvalue weighted by molar-refractivity contribution is 0.0696. The van der Waals surface area contributed by atoms with Crippen LogP contribution < -0.4 is 4.74 Å². The molecule has 5 nitrogen and oxygen atoms in total. The molecule has 0 atom stereocenters. The van der Waals surface area contributed by atoms with Crippen LogP contribution in [0.1, 0.15) is 39.7 Å². The quantitative estimate of drug-likeness (QED) is 0.304. The molecule has 27 heavy (non-hydrogen) atoms. The Morgan fingerprint density at radius 2 is 1.26 bits per heavy atom. The standard InChI is InChI=1S/C20H38O5Si2/c1-7-22-26(5,6)18-19-12-14-20(15-13-19)21-16-11-17-27(23-8-2,24-9-3)25-10-4/h12-15H,7-11,16-18H2,1-6H3. The van der Waals surface area contributed by atoms with E-state index in [9.17, 15) is 0 Å². The summed E-state index contributed by atoms with van der Waals surface area (Å²) >= 11 is 0. The van der Waals surface area contributed by atoms with E-state index in [4.69, 9.17) is 22.4 Å². The molecule has 0 aromatic heterocycles. The maximum absolute atomic E-state index is 5.91. The molecule has 0 aliphatic rings. The van der Waals surface area contributed by atoms with E-state index in [-0.39, 0.29) is 0 Å². The number of rotatable bonds is 15. The van der Waals surface area contributed by atoms with Gasteiger partial charge in [-0.25, -0.2) is 0 Å². The Morgan fingerprint density at radius 1 is 0.741 bits per heavy atom. The molecule has 0 heterocycles. The lowest BCUT2D eigenvalue weighted by Gasteiger charge is -2.28. The van der Waals surface area contributed by atoms with Gasteiger partial charge in [0.05, 0.1) is 6.61 Å². The second kappa shape index (κ2) is 12.7. The highest BCUT2D eigenvalue weighted by Crippen LogP contribution is 2.20. The Hall–Kier alpha value is -0.706.